The zero-order valence-corrected chi connectivity index (χ0v) is 23.9. The highest BCUT2D eigenvalue weighted by atomic mass is 16.5. The van der Waals surface area contributed by atoms with Gasteiger partial charge in [0.25, 0.3) is 0 Å². The second kappa shape index (κ2) is 16.5. The molecule has 4 rings (SSSR count). The molecule has 0 saturated carbocycles. The van der Waals surface area contributed by atoms with Gasteiger partial charge in [-0.1, -0.05) is 81.5 Å². The van der Waals surface area contributed by atoms with Gasteiger partial charge < -0.3 is 15.8 Å². The summed E-state index contributed by atoms with van der Waals surface area (Å²) in [6, 6.07) is 14.0. The van der Waals surface area contributed by atoms with Crippen LogP contribution in [0.1, 0.15) is 70.4 Å². The van der Waals surface area contributed by atoms with Gasteiger partial charge >= 0.3 is 0 Å². The van der Waals surface area contributed by atoms with Gasteiger partial charge in [-0.15, -0.1) is 0 Å². The van der Waals surface area contributed by atoms with Crippen LogP contribution in [0.5, 0.6) is 0 Å². The molecule has 1 unspecified atom stereocenters. The van der Waals surface area contributed by atoms with E-state index < -0.39 is 0 Å². The van der Waals surface area contributed by atoms with E-state index >= 15 is 0 Å². The van der Waals surface area contributed by atoms with Crippen LogP contribution < -0.4 is 11.1 Å². The Bertz CT molecular complexity index is 1280. The van der Waals surface area contributed by atoms with E-state index in [1.807, 2.05) is 70.4 Å². The topological polar surface area (TPSA) is 73.1 Å². The average molecular weight is 515 g/mol. The van der Waals surface area contributed by atoms with Crippen molar-refractivity contribution in [1.82, 2.24) is 15.3 Å². The maximum atomic E-state index is 6.66. The van der Waals surface area contributed by atoms with Crippen molar-refractivity contribution in [2.45, 2.75) is 53.2 Å². The molecule has 0 spiro atoms. The van der Waals surface area contributed by atoms with E-state index in [1.54, 1.807) is 7.11 Å². The first-order chi connectivity index (χ1) is 18.5. The standard InChI is InChI=1S/C27H27N3O.C4H11N.C2H6.H2/c1-4-23(27(28)21-10-6-8-19(14-21)17-31-3)24-11-12-25-26(30-24)15-22(16-29-25)20-9-5-7-18(2)13-20;1-3-4-5-2;1-2;/h4-6,8-16,27H,2,7,17,28H2,1,3H3;5H,3-4H2,1-2H3;1-2H3;1H/b23-4-;;;. The van der Waals surface area contributed by atoms with Crippen molar-refractivity contribution >= 4 is 22.2 Å². The summed E-state index contributed by atoms with van der Waals surface area (Å²) in [4.78, 5) is 9.53. The van der Waals surface area contributed by atoms with Gasteiger partial charge in [0.2, 0.25) is 0 Å². The lowest BCUT2D eigenvalue weighted by atomic mass is 9.95. The molecule has 2 aromatic heterocycles. The highest BCUT2D eigenvalue weighted by Gasteiger charge is 2.16. The first kappa shape index (κ1) is 30.8. The van der Waals surface area contributed by atoms with Crippen LogP contribution in [0.2, 0.25) is 0 Å². The predicted octanol–water partition coefficient (Wildman–Crippen LogP) is 7.67. The molecule has 0 fully saturated rings. The number of aromatic nitrogens is 2. The summed E-state index contributed by atoms with van der Waals surface area (Å²) >= 11 is 0. The lowest BCUT2D eigenvalue weighted by molar-refractivity contribution is 0.185. The quantitative estimate of drug-likeness (QED) is 0.323. The Morgan fingerprint density at radius 1 is 1.21 bits per heavy atom. The summed E-state index contributed by atoms with van der Waals surface area (Å²) in [5.41, 5.74) is 15.6. The smallest absolute Gasteiger partial charge is 0.0900 e. The summed E-state index contributed by atoms with van der Waals surface area (Å²) in [5.74, 6) is 0. The number of benzene rings is 1. The van der Waals surface area contributed by atoms with E-state index in [0.717, 1.165) is 63.1 Å². The van der Waals surface area contributed by atoms with Crippen molar-refractivity contribution in [1.29, 1.82) is 0 Å². The first-order valence-corrected chi connectivity index (χ1v) is 13.5. The van der Waals surface area contributed by atoms with Crippen LogP contribution in [0.15, 0.2) is 85.1 Å². The van der Waals surface area contributed by atoms with Crippen molar-refractivity contribution in [2.24, 2.45) is 5.73 Å². The number of methoxy groups -OCH3 is 1. The molecule has 5 heteroatoms. The van der Waals surface area contributed by atoms with Gasteiger partial charge in [-0.05, 0) is 73.8 Å². The molecular formula is C33H46N4O. The van der Waals surface area contributed by atoms with Gasteiger partial charge in [-0.2, -0.15) is 0 Å². The molecule has 1 aliphatic rings. The van der Waals surface area contributed by atoms with Crippen LogP contribution in [-0.2, 0) is 11.3 Å². The first-order valence-electron chi connectivity index (χ1n) is 13.5. The molecule has 3 aromatic rings. The van der Waals surface area contributed by atoms with Gasteiger partial charge in [0, 0.05) is 20.3 Å². The zero-order valence-electron chi connectivity index (χ0n) is 23.9. The van der Waals surface area contributed by atoms with Crippen molar-refractivity contribution in [3.63, 3.8) is 0 Å². The van der Waals surface area contributed by atoms with Crippen molar-refractivity contribution in [2.75, 3.05) is 20.7 Å². The maximum absolute atomic E-state index is 6.66. The van der Waals surface area contributed by atoms with E-state index in [-0.39, 0.29) is 7.47 Å². The average Bonchev–Trinajstić information content (AvgIpc) is 2.95. The van der Waals surface area contributed by atoms with E-state index in [9.17, 15) is 0 Å². The van der Waals surface area contributed by atoms with E-state index in [2.05, 4.69) is 54.2 Å². The van der Waals surface area contributed by atoms with Gasteiger partial charge in [0.15, 0.2) is 0 Å². The minimum Gasteiger partial charge on any atom is -0.380 e. The number of nitrogens with two attached hydrogens (primary N) is 1. The van der Waals surface area contributed by atoms with Crippen LogP contribution in [0.4, 0.5) is 0 Å². The third-order valence-electron chi connectivity index (χ3n) is 5.97. The van der Waals surface area contributed by atoms with E-state index in [0.29, 0.717) is 6.61 Å². The van der Waals surface area contributed by atoms with Crippen LogP contribution in [0.3, 0.4) is 0 Å². The second-order valence-corrected chi connectivity index (χ2v) is 8.83. The molecular weight excluding hydrogens is 468 g/mol. The fraction of sp³-hybridized carbons (Fsp3) is 0.333. The Balaban J connectivity index is 0.000000857. The Hall–Kier alpha value is -3.38. The van der Waals surface area contributed by atoms with Crippen molar-refractivity contribution in [3.8, 4) is 0 Å². The fourth-order valence-corrected chi connectivity index (χ4v) is 4.13. The fourth-order valence-electron chi connectivity index (χ4n) is 4.13. The highest BCUT2D eigenvalue weighted by molar-refractivity contribution is 5.85. The monoisotopic (exact) mass is 514 g/mol. The molecule has 3 N–H and O–H groups in total. The normalized spacial score (nSPS) is 13.7. The number of rotatable bonds is 8. The molecule has 1 atom stereocenters. The molecule has 5 nitrogen and oxygen atoms in total. The molecule has 38 heavy (non-hydrogen) atoms. The number of hydrogen-bond donors (Lipinski definition) is 2. The second-order valence-electron chi connectivity index (χ2n) is 8.83. The lowest BCUT2D eigenvalue weighted by Gasteiger charge is -2.17. The third-order valence-corrected chi connectivity index (χ3v) is 5.97. The molecule has 0 aliphatic heterocycles. The van der Waals surface area contributed by atoms with Gasteiger partial charge in [-0.3, -0.25) is 4.98 Å². The Morgan fingerprint density at radius 2 is 2.00 bits per heavy atom. The number of allylic oxidation sites excluding steroid dienone is 6. The molecule has 204 valence electrons. The Labute approximate surface area is 230 Å². The summed E-state index contributed by atoms with van der Waals surface area (Å²) in [7, 11) is 3.66. The van der Waals surface area contributed by atoms with Crippen LogP contribution in [0, 0.1) is 0 Å². The summed E-state index contributed by atoms with van der Waals surface area (Å²) < 4.78 is 5.26. The summed E-state index contributed by atoms with van der Waals surface area (Å²) in [5, 5.41) is 3.02. The molecule has 0 bridgehead atoms. The number of fused-ring (bicyclic) bond motifs is 1. The van der Waals surface area contributed by atoms with Crippen LogP contribution >= 0.6 is 0 Å². The number of ether oxygens (including phenoxy) is 1. The summed E-state index contributed by atoms with van der Waals surface area (Å²) in [6.45, 7) is 13.9. The molecule has 0 amide bonds. The molecule has 0 saturated heterocycles. The molecule has 1 aromatic carbocycles. The van der Waals surface area contributed by atoms with Gasteiger partial charge in [0.05, 0.1) is 29.4 Å². The van der Waals surface area contributed by atoms with Gasteiger partial charge in [-0.25, -0.2) is 4.98 Å². The largest absolute Gasteiger partial charge is 0.380 e. The highest BCUT2D eigenvalue weighted by Crippen LogP contribution is 2.30. The lowest BCUT2D eigenvalue weighted by Crippen LogP contribution is -2.14. The number of nitrogens with one attached hydrogen (secondary N) is 1. The Kier molecular flexibility index (Phi) is 13.4. The summed E-state index contributed by atoms with van der Waals surface area (Å²) in [6.07, 6.45) is 12.4. The minimum absolute atomic E-state index is 0. The number of nitrogens with zero attached hydrogens (tertiary/aromatic N) is 2. The minimum atomic E-state index is -0.282. The number of pyridine rings is 2. The number of hydrogen-bond acceptors (Lipinski definition) is 5. The van der Waals surface area contributed by atoms with Crippen molar-refractivity contribution in [3.05, 3.63) is 108 Å². The third kappa shape index (κ3) is 8.59. The molecule has 0 radical (unpaired) electrons. The molecule has 2 heterocycles. The van der Waals surface area contributed by atoms with Crippen LogP contribution in [0.25, 0.3) is 22.2 Å². The van der Waals surface area contributed by atoms with E-state index in [4.69, 9.17) is 15.5 Å². The predicted molar refractivity (Wildman–Crippen MR) is 166 cm³/mol. The zero-order chi connectivity index (χ0) is 27.9. The Morgan fingerprint density at radius 3 is 2.63 bits per heavy atom. The van der Waals surface area contributed by atoms with Crippen LogP contribution in [-0.4, -0.2) is 30.7 Å². The maximum Gasteiger partial charge on any atom is 0.0900 e. The van der Waals surface area contributed by atoms with E-state index in [1.165, 1.54) is 6.42 Å². The van der Waals surface area contributed by atoms with Crippen molar-refractivity contribution < 1.29 is 6.16 Å². The SMILES string of the molecule is C=C1C=C(c2cnc3ccc(/C(=C/C)C(N)c4cccc(COC)c4)nc3c2)C=CC1.CC.CCCNC.[HH]. The van der Waals surface area contributed by atoms with Gasteiger partial charge in [0.1, 0.15) is 0 Å². The molecule has 1 aliphatic carbocycles.